The summed E-state index contributed by atoms with van der Waals surface area (Å²) in [4.78, 5) is 7.73. The van der Waals surface area contributed by atoms with Crippen molar-refractivity contribution in [2.24, 2.45) is 0 Å². The summed E-state index contributed by atoms with van der Waals surface area (Å²) >= 11 is 5.82. The normalized spacial score (nSPS) is 12.9. The number of imidazole rings is 1. The highest BCUT2D eigenvalue weighted by Crippen LogP contribution is 2.22. The maximum Gasteiger partial charge on any atom is 0.241 e. The number of aromatic amines is 1. The number of nitrogens with one attached hydrogen (secondary N) is 2. The summed E-state index contributed by atoms with van der Waals surface area (Å²) in [6.07, 6.45) is 2.28. The van der Waals surface area contributed by atoms with Crippen molar-refractivity contribution in [3.8, 4) is 11.3 Å². The molecule has 0 bridgehead atoms. The summed E-state index contributed by atoms with van der Waals surface area (Å²) in [5.74, 6) is 0.582. The van der Waals surface area contributed by atoms with Crippen LogP contribution >= 0.6 is 11.6 Å². The second-order valence-electron chi connectivity index (χ2n) is 5.58. The van der Waals surface area contributed by atoms with Crippen molar-refractivity contribution < 1.29 is 8.42 Å². The molecule has 3 aromatic rings. The number of hydrogen-bond acceptors (Lipinski definition) is 3. The van der Waals surface area contributed by atoms with E-state index in [1.807, 2.05) is 37.3 Å². The number of hydrogen-bond donors (Lipinski definition) is 2. The van der Waals surface area contributed by atoms with Crippen LogP contribution in [0.1, 0.15) is 25.2 Å². The monoisotopic (exact) mass is 375 g/mol. The second-order valence-corrected chi connectivity index (χ2v) is 7.73. The maximum atomic E-state index is 12.6. The first-order valence-corrected chi connectivity index (χ1v) is 9.74. The van der Waals surface area contributed by atoms with E-state index in [2.05, 4.69) is 14.7 Å². The summed E-state index contributed by atoms with van der Waals surface area (Å²) in [6, 6.07) is 15.4. The maximum absolute atomic E-state index is 12.6. The fraction of sp³-hybridized carbons (Fsp3) is 0.167. The molecule has 130 valence electrons. The molecule has 0 radical (unpaired) electrons. The van der Waals surface area contributed by atoms with E-state index < -0.39 is 16.1 Å². The van der Waals surface area contributed by atoms with Gasteiger partial charge >= 0.3 is 0 Å². The molecule has 2 aromatic carbocycles. The fourth-order valence-corrected chi connectivity index (χ4v) is 3.89. The largest absolute Gasteiger partial charge is 0.341 e. The first-order valence-electron chi connectivity index (χ1n) is 7.88. The Morgan fingerprint density at radius 2 is 1.80 bits per heavy atom. The van der Waals surface area contributed by atoms with Gasteiger partial charge in [-0.15, -0.1) is 0 Å². The molecule has 1 unspecified atom stereocenters. The van der Waals surface area contributed by atoms with Crippen LogP contribution in [0.2, 0.25) is 5.02 Å². The van der Waals surface area contributed by atoms with Gasteiger partial charge in [0.25, 0.3) is 0 Å². The van der Waals surface area contributed by atoms with E-state index in [0.717, 1.165) is 11.3 Å². The molecule has 1 aromatic heterocycles. The standard InChI is InChI=1S/C18H18ClN3O2S/c1-2-16(22-25(23,24)15-10-8-14(19)9-11-15)18-20-12-17(21-18)13-6-4-3-5-7-13/h3-12,16,22H,2H2,1H3,(H,20,21). The van der Waals surface area contributed by atoms with Gasteiger partial charge in [0.05, 0.1) is 22.8 Å². The number of nitrogens with zero attached hydrogens (tertiary/aromatic N) is 1. The molecule has 0 aliphatic carbocycles. The summed E-state index contributed by atoms with van der Waals surface area (Å²) in [5, 5.41) is 0.490. The summed E-state index contributed by atoms with van der Waals surface area (Å²) in [6.45, 7) is 1.90. The fourth-order valence-electron chi connectivity index (χ4n) is 2.48. The summed E-state index contributed by atoms with van der Waals surface area (Å²) in [7, 11) is -3.66. The van der Waals surface area contributed by atoms with Crippen LogP contribution in [0.15, 0.2) is 65.7 Å². The van der Waals surface area contributed by atoms with Crippen molar-refractivity contribution >= 4 is 21.6 Å². The lowest BCUT2D eigenvalue weighted by molar-refractivity contribution is 0.539. The minimum Gasteiger partial charge on any atom is -0.341 e. The minimum atomic E-state index is -3.66. The smallest absolute Gasteiger partial charge is 0.241 e. The number of benzene rings is 2. The zero-order valence-electron chi connectivity index (χ0n) is 13.6. The Balaban J connectivity index is 1.83. The van der Waals surface area contributed by atoms with E-state index in [1.165, 1.54) is 12.1 Å². The predicted molar refractivity (Wildman–Crippen MR) is 98.8 cm³/mol. The molecule has 3 rings (SSSR count). The molecule has 0 spiro atoms. The first kappa shape index (κ1) is 17.7. The van der Waals surface area contributed by atoms with Gasteiger partial charge < -0.3 is 4.98 Å². The average Bonchev–Trinajstić information content (AvgIpc) is 3.11. The third-order valence-electron chi connectivity index (χ3n) is 3.84. The van der Waals surface area contributed by atoms with Gasteiger partial charge in [0.2, 0.25) is 10.0 Å². The van der Waals surface area contributed by atoms with Crippen LogP contribution < -0.4 is 4.72 Å². The topological polar surface area (TPSA) is 74.8 Å². The van der Waals surface area contributed by atoms with E-state index in [4.69, 9.17) is 11.6 Å². The Hall–Kier alpha value is -2.15. The first-order chi connectivity index (χ1) is 12.0. The van der Waals surface area contributed by atoms with Crippen LogP contribution in [0, 0.1) is 0 Å². The highest BCUT2D eigenvalue weighted by atomic mass is 35.5. The molecule has 0 aliphatic heterocycles. The quantitative estimate of drug-likeness (QED) is 0.679. The number of halogens is 1. The zero-order chi connectivity index (χ0) is 17.9. The van der Waals surface area contributed by atoms with Crippen LogP contribution in [0.4, 0.5) is 0 Å². The van der Waals surface area contributed by atoms with Crippen molar-refractivity contribution in [3.63, 3.8) is 0 Å². The van der Waals surface area contributed by atoms with Gasteiger partial charge in [0.15, 0.2) is 0 Å². The lowest BCUT2D eigenvalue weighted by Gasteiger charge is -2.15. The number of H-pyrrole nitrogens is 1. The molecule has 25 heavy (non-hydrogen) atoms. The molecule has 0 amide bonds. The van der Waals surface area contributed by atoms with Crippen LogP contribution in [0.25, 0.3) is 11.3 Å². The molecule has 1 heterocycles. The van der Waals surface area contributed by atoms with Crippen molar-refractivity contribution in [1.29, 1.82) is 0 Å². The summed E-state index contributed by atoms with van der Waals surface area (Å²) < 4.78 is 27.8. The molecular weight excluding hydrogens is 358 g/mol. The van der Waals surface area contributed by atoms with Crippen molar-refractivity contribution in [2.75, 3.05) is 0 Å². The molecule has 0 saturated carbocycles. The minimum absolute atomic E-state index is 0.171. The van der Waals surface area contributed by atoms with Crippen LogP contribution in [0.5, 0.6) is 0 Å². The Kier molecular flexibility index (Phi) is 5.22. The van der Waals surface area contributed by atoms with E-state index in [0.29, 0.717) is 17.3 Å². The molecule has 0 fully saturated rings. The molecule has 2 N–H and O–H groups in total. The average molecular weight is 376 g/mol. The number of aromatic nitrogens is 2. The third kappa shape index (κ3) is 4.10. The number of sulfonamides is 1. The van der Waals surface area contributed by atoms with Crippen molar-refractivity contribution in [1.82, 2.24) is 14.7 Å². The van der Waals surface area contributed by atoms with Crippen molar-refractivity contribution in [3.05, 3.63) is 71.6 Å². The van der Waals surface area contributed by atoms with Crippen LogP contribution in [-0.2, 0) is 10.0 Å². The van der Waals surface area contributed by atoms with Gasteiger partial charge in [-0.25, -0.2) is 18.1 Å². The molecule has 1 atom stereocenters. The lowest BCUT2D eigenvalue weighted by Crippen LogP contribution is -2.29. The number of rotatable bonds is 6. The Morgan fingerprint density at radius 1 is 1.12 bits per heavy atom. The van der Waals surface area contributed by atoms with E-state index in [1.54, 1.807) is 18.3 Å². The molecule has 0 saturated heterocycles. The van der Waals surface area contributed by atoms with Gasteiger partial charge in [-0.2, -0.15) is 0 Å². The van der Waals surface area contributed by atoms with Crippen molar-refractivity contribution in [2.45, 2.75) is 24.3 Å². The Bertz CT molecular complexity index is 938. The van der Waals surface area contributed by atoms with Crippen LogP contribution in [0.3, 0.4) is 0 Å². The lowest BCUT2D eigenvalue weighted by atomic mass is 10.2. The van der Waals surface area contributed by atoms with Gasteiger partial charge in [0, 0.05) is 5.02 Å². The van der Waals surface area contributed by atoms with E-state index >= 15 is 0 Å². The zero-order valence-corrected chi connectivity index (χ0v) is 15.2. The van der Waals surface area contributed by atoms with Gasteiger partial charge in [-0.05, 0) is 36.2 Å². The van der Waals surface area contributed by atoms with E-state index in [-0.39, 0.29) is 4.90 Å². The van der Waals surface area contributed by atoms with E-state index in [9.17, 15) is 8.42 Å². The summed E-state index contributed by atoms with van der Waals surface area (Å²) in [5.41, 5.74) is 1.84. The highest BCUT2D eigenvalue weighted by Gasteiger charge is 2.22. The van der Waals surface area contributed by atoms with Gasteiger partial charge in [-0.1, -0.05) is 48.9 Å². The molecule has 7 heteroatoms. The predicted octanol–water partition coefficient (Wildman–Crippen LogP) is 4.16. The molecular formula is C18H18ClN3O2S. The molecule has 5 nitrogen and oxygen atoms in total. The highest BCUT2D eigenvalue weighted by molar-refractivity contribution is 7.89. The Labute approximate surface area is 152 Å². The Morgan fingerprint density at radius 3 is 2.44 bits per heavy atom. The van der Waals surface area contributed by atoms with Gasteiger partial charge in [0.1, 0.15) is 5.82 Å². The SMILES string of the molecule is CCC(NS(=O)(=O)c1ccc(Cl)cc1)c1ncc(-c2ccccc2)[nH]1. The molecule has 0 aliphatic rings. The second kappa shape index (κ2) is 7.39. The third-order valence-corrected chi connectivity index (χ3v) is 5.58. The van der Waals surface area contributed by atoms with Crippen LogP contribution in [-0.4, -0.2) is 18.4 Å². The van der Waals surface area contributed by atoms with Gasteiger partial charge in [-0.3, -0.25) is 0 Å².